The quantitative estimate of drug-likeness (QED) is 0.545. The maximum absolute atomic E-state index is 12.1. The van der Waals surface area contributed by atoms with Crippen molar-refractivity contribution in [3.8, 4) is 0 Å². The van der Waals surface area contributed by atoms with Gasteiger partial charge in [-0.2, -0.15) is 0 Å². The molecule has 0 aliphatic rings. The molecule has 0 aromatic heterocycles. The van der Waals surface area contributed by atoms with E-state index in [4.69, 9.17) is 0 Å². The Morgan fingerprint density at radius 2 is 1.53 bits per heavy atom. The summed E-state index contributed by atoms with van der Waals surface area (Å²) in [4.78, 5) is 16.1. The molecule has 0 unspecified atom stereocenters. The van der Waals surface area contributed by atoms with Crippen LogP contribution in [-0.4, -0.2) is 48.4 Å². The molecule has 0 aliphatic carbocycles. The second-order valence-corrected chi connectivity index (χ2v) is 4.15. The Balaban J connectivity index is 4.31. The van der Waals surface area contributed by atoms with Crippen molar-refractivity contribution in [2.24, 2.45) is 0 Å². The van der Waals surface area contributed by atoms with E-state index in [0.29, 0.717) is 19.6 Å². The summed E-state index contributed by atoms with van der Waals surface area (Å²) in [6.07, 6.45) is 5.67. The van der Waals surface area contributed by atoms with Crippen LogP contribution in [-0.2, 0) is 4.79 Å². The number of rotatable bonds is 10. The van der Waals surface area contributed by atoms with Crippen molar-refractivity contribution in [1.82, 2.24) is 9.80 Å². The van der Waals surface area contributed by atoms with Crippen molar-refractivity contribution in [3.05, 3.63) is 25.3 Å². The molecule has 98 valence electrons. The lowest BCUT2D eigenvalue weighted by atomic mass is 10.3. The Morgan fingerprint density at radius 3 is 1.88 bits per heavy atom. The average Bonchev–Trinajstić information content (AvgIpc) is 2.29. The summed E-state index contributed by atoms with van der Waals surface area (Å²) in [6.45, 7) is 15.3. The molecule has 3 heteroatoms. The highest BCUT2D eigenvalue weighted by molar-refractivity contribution is 5.78. The molecule has 0 aliphatic heterocycles. The van der Waals surface area contributed by atoms with E-state index >= 15 is 0 Å². The van der Waals surface area contributed by atoms with Crippen LogP contribution in [0.4, 0.5) is 0 Å². The first kappa shape index (κ1) is 15.9. The first-order chi connectivity index (χ1) is 8.19. The third-order valence-corrected chi connectivity index (χ3v) is 2.49. The normalized spacial score (nSPS) is 10.3. The molecule has 0 bridgehead atoms. The van der Waals surface area contributed by atoms with Crippen molar-refractivity contribution in [2.75, 3.05) is 32.7 Å². The van der Waals surface area contributed by atoms with Gasteiger partial charge < -0.3 is 4.90 Å². The van der Waals surface area contributed by atoms with Crippen LogP contribution in [0.2, 0.25) is 0 Å². The fourth-order valence-electron chi connectivity index (χ4n) is 1.78. The molecule has 0 fully saturated rings. The monoisotopic (exact) mass is 238 g/mol. The van der Waals surface area contributed by atoms with E-state index < -0.39 is 0 Å². The van der Waals surface area contributed by atoms with E-state index in [-0.39, 0.29) is 5.91 Å². The van der Waals surface area contributed by atoms with Crippen molar-refractivity contribution in [1.29, 1.82) is 0 Å². The van der Waals surface area contributed by atoms with E-state index in [1.54, 1.807) is 17.1 Å². The Hall–Kier alpha value is -1.09. The highest BCUT2D eigenvalue weighted by atomic mass is 16.2. The van der Waals surface area contributed by atoms with Crippen LogP contribution in [0.3, 0.4) is 0 Å². The Labute approximate surface area is 106 Å². The molecule has 0 spiro atoms. The zero-order chi connectivity index (χ0) is 13.1. The molecular formula is C14H26N2O. The van der Waals surface area contributed by atoms with Crippen molar-refractivity contribution < 1.29 is 4.79 Å². The van der Waals surface area contributed by atoms with Gasteiger partial charge in [0.25, 0.3) is 0 Å². The standard InChI is InChI=1S/C14H26N2O/c1-5-9-15(10-6-2)13-14(17)16(11-7-3)12-8-4/h7-8H,3-6,9-13H2,1-2H3. The Bertz CT molecular complexity index is 222. The fourth-order valence-corrected chi connectivity index (χ4v) is 1.78. The molecule has 17 heavy (non-hydrogen) atoms. The molecule has 0 rings (SSSR count). The predicted octanol–water partition coefficient (Wildman–Crippen LogP) is 2.31. The van der Waals surface area contributed by atoms with Crippen LogP contribution < -0.4 is 0 Å². The van der Waals surface area contributed by atoms with Crippen LogP contribution >= 0.6 is 0 Å². The van der Waals surface area contributed by atoms with Gasteiger partial charge in [0.2, 0.25) is 5.91 Å². The first-order valence-corrected chi connectivity index (χ1v) is 6.41. The van der Waals surface area contributed by atoms with Crippen LogP contribution in [0.1, 0.15) is 26.7 Å². The van der Waals surface area contributed by atoms with Crippen molar-refractivity contribution in [2.45, 2.75) is 26.7 Å². The summed E-state index contributed by atoms with van der Waals surface area (Å²) in [5.74, 6) is 0.159. The summed E-state index contributed by atoms with van der Waals surface area (Å²) in [5, 5.41) is 0. The average molecular weight is 238 g/mol. The van der Waals surface area contributed by atoms with Gasteiger partial charge in [-0.05, 0) is 25.9 Å². The highest BCUT2D eigenvalue weighted by Gasteiger charge is 2.14. The third kappa shape index (κ3) is 6.95. The lowest BCUT2D eigenvalue weighted by Crippen LogP contribution is -2.41. The van der Waals surface area contributed by atoms with Gasteiger partial charge in [-0.3, -0.25) is 9.69 Å². The molecule has 0 N–H and O–H groups in total. The minimum Gasteiger partial charge on any atom is -0.334 e. The van der Waals surface area contributed by atoms with E-state index in [9.17, 15) is 4.79 Å². The summed E-state index contributed by atoms with van der Waals surface area (Å²) in [5.41, 5.74) is 0. The third-order valence-electron chi connectivity index (χ3n) is 2.49. The number of amides is 1. The zero-order valence-electron chi connectivity index (χ0n) is 11.3. The molecule has 0 radical (unpaired) electrons. The number of carbonyl (C=O) groups excluding carboxylic acids is 1. The predicted molar refractivity (Wildman–Crippen MR) is 74.0 cm³/mol. The Kier molecular flexibility index (Phi) is 9.44. The van der Waals surface area contributed by atoms with E-state index in [0.717, 1.165) is 25.9 Å². The molecule has 0 aromatic carbocycles. The summed E-state index contributed by atoms with van der Waals surface area (Å²) >= 11 is 0. The number of nitrogens with zero attached hydrogens (tertiary/aromatic N) is 2. The summed E-state index contributed by atoms with van der Waals surface area (Å²) < 4.78 is 0. The van der Waals surface area contributed by atoms with Crippen LogP contribution in [0.15, 0.2) is 25.3 Å². The minimum absolute atomic E-state index is 0.159. The Morgan fingerprint density at radius 1 is 1.06 bits per heavy atom. The van der Waals surface area contributed by atoms with Crippen molar-refractivity contribution in [3.63, 3.8) is 0 Å². The molecule has 1 amide bonds. The number of hydrogen-bond acceptors (Lipinski definition) is 2. The highest BCUT2D eigenvalue weighted by Crippen LogP contribution is 1.98. The van der Waals surface area contributed by atoms with Gasteiger partial charge in [0, 0.05) is 13.1 Å². The van der Waals surface area contributed by atoms with Gasteiger partial charge in [-0.15, -0.1) is 13.2 Å². The molecule has 0 saturated carbocycles. The van der Waals surface area contributed by atoms with Gasteiger partial charge in [0.1, 0.15) is 0 Å². The van der Waals surface area contributed by atoms with Crippen LogP contribution in [0.25, 0.3) is 0 Å². The van der Waals surface area contributed by atoms with Crippen LogP contribution in [0, 0.1) is 0 Å². The van der Waals surface area contributed by atoms with Gasteiger partial charge in [0.15, 0.2) is 0 Å². The summed E-state index contributed by atoms with van der Waals surface area (Å²) in [7, 11) is 0. The summed E-state index contributed by atoms with van der Waals surface area (Å²) in [6, 6.07) is 0. The topological polar surface area (TPSA) is 23.6 Å². The maximum Gasteiger partial charge on any atom is 0.237 e. The minimum atomic E-state index is 0.159. The van der Waals surface area contributed by atoms with E-state index in [1.807, 2.05) is 0 Å². The second kappa shape index (κ2) is 10.1. The molecule has 0 saturated heterocycles. The van der Waals surface area contributed by atoms with Crippen molar-refractivity contribution >= 4 is 5.91 Å². The van der Waals surface area contributed by atoms with Gasteiger partial charge >= 0.3 is 0 Å². The lowest BCUT2D eigenvalue weighted by molar-refractivity contribution is -0.131. The smallest absolute Gasteiger partial charge is 0.237 e. The van der Waals surface area contributed by atoms with Gasteiger partial charge in [-0.25, -0.2) is 0 Å². The second-order valence-electron chi connectivity index (χ2n) is 4.15. The van der Waals surface area contributed by atoms with Gasteiger partial charge in [0.05, 0.1) is 6.54 Å². The van der Waals surface area contributed by atoms with E-state index in [2.05, 4.69) is 31.9 Å². The molecule has 3 nitrogen and oxygen atoms in total. The molecule has 0 heterocycles. The lowest BCUT2D eigenvalue weighted by Gasteiger charge is -2.25. The number of carbonyl (C=O) groups is 1. The first-order valence-electron chi connectivity index (χ1n) is 6.41. The largest absolute Gasteiger partial charge is 0.334 e. The number of hydrogen-bond donors (Lipinski definition) is 0. The molecule has 0 aromatic rings. The molecule has 0 atom stereocenters. The van der Waals surface area contributed by atoms with Crippen LogP contribution in [0.5, 0.6) is 0 Å². The SMILES string of the molecule is C=CCN(CC=C)C(=O)CN(CCC)CCC. The fraction of sp³-hybridized carbons (Fsp3) is 0.643. The maximum atomic E-state index is 12.1. The zero-order valence-corrected chi connectivity index (χ0v) is 11.3. The molecular weight excluding hydrogens is 212 g/mol. The van der Waals surface area contributed by atoms with Gasteiger partial charge in [-0.1, -0.05) is 26.0 Å². The van der Waals surface area contributed by atoms with E-state index in [1.165, 1.54) is 0 Å².